The van der Waals surface area contributed by atoms with Crippen molar-refractivity contribution in [3.05, 3.63) is 33.8 Å². The van der Waals surface area contributed by atoms with E-state index in [1.54, 1.807) is 11.3 Å². The van der Waals surface area contributed by atoms with Crippen molar-refractivity contribution in [2.75, 3.05) is 13.1 Å². The van der Waals surface area contributed by atoms with Crippen LogP contribution in [0.15, 0.2) is 11.7 Å². The Labute approximate surface area is 118 Å². The van der Waals surface area contributed by atoms with Crippen molar-refractivity contribution >= 4 is 11.3 Å². The first kappa shape index (κ1) is 12.8. The minimum atomic E-state index is 0.576. The molecule has 0 amide bonds. The largest absolute Gasteiger partial charge is 0.337 e. The lowest BCUT2D eigenvalue weighted by Crippen LogP contribution is -2.20. The second-order valence-corrected chi connectivity index (χ2v) is 6.37. The number of hydrogen-bond acceptors (Lipinski definition) is 4. The maximum absolute atomic E-state index is 4.67. The van der Waals surface area contributed by atoms with E-state index in [1.807, 2.05) is 5.51 Å². The Morgan fingerprint density at radius 2 is 2.26 bits per heavy atom. The molecule has 3 rings (SSSR count). The first-order valence-corrected chi connectivity index (χ1v) is 7.62. The molecule has 0 unspecified atom stereocenters. The van der Waals surface area contributed by atoms with E-state index in [2.05, 4.69) is 46.5 Å². The Hall–Kier alpha value is -1.20. The molecule has 102 valence electrons. The summed E-state index contributed by atoms with van der Waals surface area (Å²) in [5.74, 6) is 1.81. The van der Waals surface area contributed by atoms with Gasteiger partial charge in [-0.15, -0.1) is 11.3 Å². The van der Waals surface area contributed by atoms with E-state index < -0.39 is 0 Å². The number of thiazole rings is 1. The molecule has 0 N–H and O–H groups in total. The van der Waals surface area contributed by atoms with E-state index in [1.165, 1.54) is 22.8 Å². The summed E-state index contributed by atoms with van der Waals surface area (Å²) in [6.07, 6.45) is 3.33. The van der Waals surface area contributed by atoms with Crippen LogP contribution in [0.3, 0.4) is 0 Å². The molecule has 0 spiro atoms. The molecule has 2 aromatic heterocycles. The normalized spacial score (nSPS) is 20.3. The fourth-order valence-corrected chi connectivity index (χ4v) is 3.70. The van der Waals surface area contributed by atoms with Crippen molar-refractivity contribution in [1.29, 1.82) is 0 Å². The van der Waals surface area contributed by atoms with E-state index in [0.29, 0.717) is 5.92 Å². The molecular formula is C14H20N4S. The van der Waals surface area contributed by atoms with Gasteiger partial charge in [-0.1, -0.05) is 0 Å². The highest BCUT2D eigenvalue weighted by molar-refractivity contribution is 7.09. The summed E-state index contributed by atoms with van der Waals surface area (Å²) in [6.45, 7) is 7.48. The highest BCUT2D eigenvalue weighted by Crippen LogP contribution is 2.28. The molecule has 1 atom stereocenters. The van der Waals surface area contributed by atoms with E-state index in [-0.39, 0.29) is 0 Å². The molecule has 0 saturated carbocycles. The maximum atomic E-state index is 4.67. The van der Waals surface area contributed by atoms with Crippen molar-refractivity contribution in [3.63, 3.8) is 0 Å². The van der Waals surface area contributed by atoms with Crippen molar-refractivity contribution in [2.45, 2.75) is 32.7 Å². The Morgan fingerprint density at radius 1 is 1.42 bits per heavy atom. The lowest BCUT2D eigenvalue weighted by Gasteiger charge is -2.15. The van der Waals surface area contributed by atoms with Gasteiger partial charge in [0, 0.05) is 37.1 Å². The van der Waals surface area contributed by atoms with Crippen molar-refractivity contribution in [1.82, 2.24) is 19.4 Å². The Bertz CT molecular complexity index is 572. The van der Waals surface area contributed by atoms with E-state index in [0.717, 1.165) is 25.3 Å². The molecule has 1 fully saturated rings. The smallest absolute Gasteiger partial charge is 0.113 e. The van der Waals surface area contributed by atoms with Gasteiger partial charge in [-0.2, -0.15) is 0 Å². The summed E-state index contributed by atoms with van der Waals surface area (Å²) in [7, 11) is 2.10. The highest BCUT2D eigenvalue weighted by Gasteiger charge is 2.27. The van der Waals surface area contributed by atoms with Crippen LogP contribution < -0.4 is 0 Å². The Balaban J connectivity index is 1.67. The standard InChI is InChI=1S/C14H20N4S/c1-10-6-17(3)14(16-10)12-4-5-18(7-12)8-13-11(2)15-9-19-13/h6,9,12H,4-5,7-8H2,1-3H3/t12-/m0/s1. The molecule has 0 aliphatic carbocycles. The van der Waals surface area contributed by atoms with Gasteiger partial charge < -0.3 is 4.57 Å². The zero-order valence-corrected chi connectivity index (χ0v) is 12.6. The third-order valence-electron chi connectivity index (χ3n) is 3.88. The number of aryl methyl sites for hydroxylation is 3. The molecular weight excluding hydrogens is 256 g/mol. The van der Waals surface area contributed by atoms with Gasteiger partial charge in [-0.05, 0) is 26.8 Å². The second kappa shape index (κ2) is 5.06. The fraction of sp³-hybridized carbons (Fsp3) is 0.571. The predicted octanol–water partition coefficient (Wildman–Crippen LogP) is 2.48. The lowest BCUT2D eigenvalue weighted by molar-refractivity contribution is 0.327. The van der Waals surface area contributed by atoms with Crippen LogP contribution in [0.2, 0.25) is 0 Å². The molecule has 3 heterocycles. The van der Waals surface area contributed by atoms with Gasteiger partial charge in [0.05, 0.1) is 16.9 Å². The molecule has 1 aliphatic rings. The molecule has 4 nitrogen and oxygen atoms in total. The van der Waals surface area contributed by atoms with Crippen LogP contribution in [0.5, 0.6) is 0 Å². The molecule has 2 aromatic rings. The predicted molar refractivity (Wildman–Crippen MR) is 77.4 cm³/mol. The summed E-state index contributed by atoms with van der Waals surface area (Å²) < 4.78 is 2.18. The Morgan fingerprint density at radius 3 is 2.89 bits per heavy atom. The van der Waals surface area contributed by atoms with Crippen LogP contribution in [0.25, 0.3) is 0 Å². The lowest BCUT2D eigenvalue weighted by atomic mass is 10.1. The molecule has 0 aromatic carbocycles. The third kappa shape index (κ3) is 2.58. The SMILES string of the molecule is Cc1cn(C)c([C@H]2CCN(Cc3scnc3C)C2)n1. The molecule has 1 saturated heterocycles. The number of hydrogen-bond donors (Lipinski definition) is 0. The number of aromatic nitrogens is 3. The summed E-state index contributed by atoms with van der Waals surface area (Å²) in [4.78, 5) is 12.9. The second-order valence-electron chi connectivity index (χ2n) is 5.43. The summed E-state index contributed by atoms with van der Waals surface area (Å²) in [5, 5.41) is 0. The van der Waals surface area contributed by atoms with Gasteiger partial charge in [-0.25, -0.2) is 9.97 Å². The van der Waals surface area contributed by atoms with Gasteiger partial charge in [0.25, 0.3) is 0 Å². The average molecular weight is 276 g/mol. The van der Waals surface area contributed by atoms with Crippen LogP contribution in [-0.2, 0) is 13.6 Å². The van der Waals surface area contributed by atoms with Crippen LogP contribution in [-0.4, -0.2) is 32.5 Å². The highest BCUT2D eigenvalue weighted by atomic mass is 32.1. The third-order valence-corrected chi connectivity index (χ3v) is 4.80. The first-order valence-electron chi connectivity index (χ1n) is 6.74. The first-order chi connectivity index (χ1) is 9.13. The van der Waals surface area contributed by atoms with Crippen molar-refractivity contribution in [3.8, 4) is 0 Å². The van der Waals surface area contributed by atoms with Gasteiger partial charge in [0.15, 0.2) is 0 Å². The number of imidazole rings is 1. The maximum Gasteiger partial charge on any atom is 0.113 e. The Kier molecular flexibility index (Phi) is 3.41. The van der Waals surface area contributed by atoms with E-state index >= 15 is 0 Å². The van der Waals surface area contributed by atoms with Crippen molar-refractivity contribution in [2.24, 2.45) is 7.05 Å². The molecule has 0 radical (unpaired) electrons. The average Bonchev–Trinajstić information content (AvgIpc) is 3.03. The zero-order valence-electron chi connectivity index (χ0n) is 11.8. The molecule has 5 heteroatoms. The van der Waals surface area contributed by atoms with Crippen LogP contribution in [0.4, 0.5) is 0 Å². The van der Waals surface area contributed by atoms with Crippen LogP contribution in [0, 0.1) is 13.8 Å². The van der Waals surface area contributed by atoms with Gasteiger partial charge in [0.2, 0.25) is 0 Å². The van der Waals surface area contributed by atoms with E-state index in [9.17, 15) is 0 Å². The number of likely N-dealkylation sites (tertiary alicyclic amines) is 1. The number of nitrogens with zero attached hydrogens (tertiary/aromatic N) is 4. The van der Waals surface area contributed by atoms with Crippen LogP contribution in [0.1, 0.15) is 34.4 Å². The molecule has 0 bridgehead atoms. The van der Waals surface area contributed by atoms with Crippen LogP contribution >= 0.6 is 11.3 Å². The summed E-state index contributed by atoms with van der Waals surface area (Å²) in [5.41, 5.74) is 4.25. The summed E-state index contributed by atoms with van der Waals surface area (Å²) >= 11 is 1.77. The quantitative estimate of drug-likeness (QED) is 0.863. The minimum Gasteiger partial charge on any atom is -0.337 e. The minimum absolute atomic E-state index is 0.576. The number of rotatable bonds is 3. The van der Waals surface area contributed by atoms with Gasteiger partial charge in [0.1, 0.15) is 5.82 Å². The molecule has 1 aliphatic heterocycles. The molecule has 19 heavy (non-hydrogen) atoms. The monoisotopic (exact) mass is 276 g/mol. The van der Waals surface area contributed by atoms with E-state index in [4.69, 9.17) is 0 Å². The zero-order chi connectivity index (χ0) is 13.4. The summed E-state index contributed by atoms with van der Waals surface area (Å²) in [6, 6.07) is 0. The van der Waals surface area contributed by atoms with Gasteiger partial charge >= 0.3 is 0 Å². The topological polar surface area (TPSA) is 34.0 Å². The van der Waals surface area contributed by atoms with Crippen molar-refractivity contribution < 1.29 is 0 Å². The van der Waals surface area contributed by atoms with Gasteiger partial charge in [-0.3, -0.25) is 4.90 Å². The fourth-order valence-electron chi connectivity index (χ4n) is 2.88.